The predicted molar refractivity (Wildman–Crippen MR) is 88.4 cm³/mol. The van der Waals surface area contributed by atoms with Gasteiger partial charge in [0, 0.05) is 18.3 Å². The van der Waals surface area contributed by atoms with E-state index in [1.807, 2.05) is 0 Å². The number of anilines is 2. The molecule has 0 radical (unpaired) electrons. The molecule has 2 aromatic heterocycles. The molecule has 4 rings (SSSR count). The molecule has 1 aliphatic rings. The highest BCUT2D eigenvalue weighted by Crippen LogP contribution is 2.25. The lowest BCUT2D eigenvalue weighted by Gasteiger charge is -2.27. The number of amides is 1. The van der Waals surface area contributed by atoms with E-state index in [9.17, 15) is 9.18 Å². The number of carbonyl (C=O) groups excluding carboxylic acids is 1. The number of benzene rings is 1. The summed E-state index contributed by atoms with van der Waals surface area (Å²) in [7, 11) is 0. The summed E-state index contributed by atoms with van der Waals surface area (Å²) >= 11 is 0. The number of ether oxygens (including phenoxy) is 1. The number of hydrogen-bond acceptors (Lipinski definition) is 6. The summed E-state index contributed by atoms with van der Waals surface area (Å²) in [6, 6.07) is 4.96. The summed E-state index contributed by atoms with van der Waals surface area (Å²) in [5.74, 6) is -0.585. The molecule has 25 heavy (non-hydrogen) atoms. The highest BCUT2D eigenvalue weighted by molar-refractivity contribution is 5.95. The van der Waals surface area contributed by atoms with Crippen molar-refractivity contribution in [2.75, 3.05) is 30.4 Å². The zero-order chi connectivity index (χ0) is 17.4. The van der Waals surface area contributed by atoms with Crippen LogP contribution in [0.1, 0.15) is 5.56 Å². The summed E-state index contributed by atoms with van der Waals surface area (Å²) in [5, 5.41) is 4.94. The number of halogens is 1. The third-order valence-corrected chi connectivity index (χ3v) is 4.05. The van der Waals surface area contributed by atoms with E-state index in [2.05, 4.69) is 15.1 Å². The highest BCUT2D eigenvalue weighted by atomic mass is 19.1. The Balaban J connectivity index is 1.70. The van der Waals surface area contributed by atoms with Gasteiger partial charge >= 0.3 is 0 Å². The third kappa shape index (κ3) is 2.78. The molecule has 0 bridgehead atoms. The number of nitrogens with two attached hydrogens (primary N) is 1. The summed E-state index contributed by atoms with van der Waals surface area (Å²) < 4.78 is 21.6. The normalized spacial score (nSPS) is 15.1. The predicted octanol–water partition coefficient (Wildman–Crippen LogP) is 0.959. The van der Waals surface area contributed by atoms with Gasteiger partial charge in [-0.1, -0.05) is 12.1 Å². The first-order valence-electron chi connectivity index (χ1n) is 7.73. The number of nitrogen functional groups attached to an aromatic ring is 1. The summed E-state index contributed by atoms with van der Waals surface area (Å²) in [4.78, 5) is 21.4. The number of fused-ring (bicyclic) bond motifs is 1. The number of aromatic nitrogens is 4. The van der Waals surface area contributed by atoms with Gasteiger partial charge in [-0.05, 0) is 6.07 Å². The van der Waals surface area contributed by atoms with Crippen molar-refractivity contribution in [2.45, 2.75) is 6.54 Å². The van der Waals surface area contributed by atoms with Gasteiger partial charge in [-0.25, -0.2) is 14.1 Å². The van der Waals surface area contributed by atoms with Crippen molar-refractivity contribution >= 4 is 28.6 Å². The molecule has 1 amide bonds. The first kappa shape index (κ1) is 15.5. The van der Waals surface area contributed by atoms with E-state index in [-0.39, 0.29) is 30.7 Å². The largest absolute Gasteiger partial charge is 0.370 e. The quantitative estimate of drug-likeness (QED) is 0.761. The van der Waals surface area contributed by atoms with Crippen LogP contribution in [0.2, 0.25) is 0 Å². The van der Waals surface area contributed by atoms with E-state index in [0.29, 0.717) is 29.7 Å². The maximum atomic E-state index is 15.0. The Morgan fingerprint density at radius 3 is 3.04 bits per heavy atom. The van der Waals surface area contributed by atoms with Crippen LogP contribution >= 0.6 is 0 Å². The Labute approximate surface area is 142 Å². The average Bonchev–Trinajstić information content (AvgIpc) is 3.00. The lowest BCUT2D eigenvalue weighted by atomic mass is 10.1. The second kappa shape index (κ2) is 6.10. The van der Waals surface area contributed by atoms with E-state index in [0.717, 1.165) is 0 Å². The average molecular weight is 342 g/mol. The summed E-state index contributed by atoms with van der Waals surface area (Å²) in [5.41, 5.74) is 6.79. The van der Waals surface area contributed by atoms with Crippen LogP contribution in [0.4, 0.5) is 16.0 Å². The Kier molecular flexibility index (Phi) is 3.77. The number of rotatable bonds is 3. The van der Waals surface area contributed by atoms with Crippen molar-refractivity contribution in [1.82, 2.24) is 19.7 Å². The van der Waals surface area contributed by atoms with Crippen LogP contribution < -0.4 is 10.6 Å². The first-order chi connectivity index (χ1) is 12.1. The summed E-state index contributed by atoms with van der Waals surface area (Å²) in [6.45, 7) is 0.838. The van der Waals surface area contributed by atoms with E-state index >= 15 is 0 Å². The van der Waals surface area contributed by atoms with E-state index in [1.54, 1.807) is 35.3 Å². The van der Waals surface area contributed by atoms with E-state index < -0.39 is 5.82 Å². The van der Waals surface area contributed by atoms with E-state index in [1.165, 1.54) is 4.90 Å². The first-order valence-corrected chi connectivity index (χ1v) is 7.73. The molecule has 8 nitrogen and oxygen atoms in total. The van der Waals surface area contributed by atoms with Crippen molar-refractivity contribution in [1.29, 1.82) is 0 Å². The van der Waals surface area contributed by atoms with Gasteiger partial charge < -0.3 is 15.4 Å². The van der Waals surface area contributed by atoms with Crippen LogP contribution in [-0.4, -0.2) is 45.4 Å². The maximum Gasteiger partial charge on any atom is 0.253 e. The minimum absolute atomic E-state index is 0.0380. The molecule has 128 valence electrons. The van der Waals surface area contributed by atoms with E-state index in [4.69, 9.17) is 10.5 Å². The van der Waals surface area contributed by atoms with Gasteiger partial charge in [0.15, 0.2) is 11.5 Å². The highest BCUT2D eigenvalue weighted by Gasteiger charge is 2.24. The molecular formula is C16H15FN6O2. The lowest BCUT2D eigenvalue weighted by molar-refractivity contribution is -0.125. The van der Waals surface area contributed by atoms with Gasteiger partial charge in [-0.3, -0.25) is 4.79 Å². The molecule has 3 aromatic rings. The fourth-order valence-electron chi connectivity index (χ4n) is 2.83. The monoisotopic (exact) mass is 342 g/mol. The summed E-state index contributed by atoms with van der Waals surface area (Å²) in [6.07, 6.45) is 3.17. The smallest absolute Gasteiger partial charge is 0.253 e. The molecule has 0 aliphatic carbocycles. The third-order valence-electron chi connectivity index (χ3n) is 4.05. The van der Waals surface area contributed by atoms with Crippen molar-refractivity contribution in [3.63, 3.8) is 0 Å². The molecule has 0 spiro atoms. The lowest BCUT2D eigenvalue weighted by Crippen LogP contribution is -2.42. The molecule has 9 heteroatoms. The van der Waals surface area contributed by atoms with Crippen molar-refractivity contribution < 1.29 is 13.9 Å². The zero-order valence-electron chi connectivity index (χ0n) is 13.2. The minimum Gasteiger partial charge on any atom is -0.370 e. The number of morpholine rings is 1. The molecule has 1 aliphatic heterocycles. The molecule has 1 fully saturated rings. The number of hydrogen-bond donors (Lipinski definition) is 1. The van der Waals surface area contributed by atoms with Crippen LogP contribution in [-0.2, 0) is 16.1 Å². The Hall–Kier alpha value is -3.07. The van der Waals surface area contributed by atoms with Gasteiger partial charge in [0.1, 0.15) is 6.61 Å². The van der Waals surface area contributed by atoms with Gasteiger partial charge in [-0.2, -0.15) is 10.1 Å². The number of nitrogens with zero attached hydrogens (tertiary/aromatic N) is 5. The van der Waals surface area contributed by atoms with Gasteiger partial charge in [0.2, 0.25) is 5.95 Å². The Morgan fingerprint density at radius 1 is 1.32 bits per heavy atom. The SMILES string of the molecule is Nc1ncc2cnn(Cc3cccc(N4CCOCC4=O)c3F)c2n1. The van der Waals surface area contributed by atoms with Crippen molar-refractivity contribution in [3.8, 4) is 0 Å². The molecule has 1 saturated heterocycles. The standard InChI is InChI=1S/C16H15FN6O2/c17-14-10(2-1-3-12(14)22-4-5-25-9-13(22)24)8-23-15-11(7-20-23)6-19-16(18)21-15/h1-3,6-7H,4-5,8-9H2,(H2,18,19,21). The topological polar surface area (TPSA) is 99.2 Å². The second-order valence-corrected chi connectivity index (χ2v) is 5.66. The zero-order valence-corrected chi connectivity index (χ0v) is 13.2. The van der Waals surface area contributed by atoms with Crippen LogP contribution in [0.5, 0.6) is 0 Å². The minimum atomic E-state index is -0.455. The maximum absolute atomic E-state index is 15.0. The fraction of sp³-hybridized carbons (Fsp3) is 0.250. The fourth-order valence-corrected chi connectivity index (χ4v) is 2.83. The van der Waals surface area contributed by atoms with Gasteiger partial charge in [-0.15, -0.1) is 0 Å². The van der Waals surface area contributed by atoms with Crippen molar-refractivity contribution in [2.24, 2.45) is 0 Å². The molecule has 3 heterocycles. The van der Waals surface area contributed by atoms with Gasteiger partial charge in [0.25, 0.3) is 5.91 Å². The molecule has 0 unspecified atom stereocenters. The Morgan fingerprint density at radius 2 is 2.20 bits per heavy atom. The van der Waals surface area contributed by atoms with Crippen LogP contribution in [0.3, 0.4) is 0 Å². The second-order valence-electron chi connectivity index (χ2n) is 5.66. The molecule has 2 N–H and O–H groups in total. The molecule has 0 atom stereocenters. The van der Waals surface area contributed by atoms with Gasteiger partial charge in [0.05, 0.1) is 30.4 Å². The molecular weight excluding hydrogens is 327 g/mol. The molecule has 1 aromatic carbocycles. The van der Waals surface area contributed by atoms with Crippen LogP contribution in [0, 0.1) is 5.82 Å². The molecule has 0 saturated carbocycles. The Bertz CT molecular complexity index is 957. The van der Waals surface area contributed by atoms with Crippen molar-refractivity contribution in [3.05, 3.63) is 42.0 Å². The number of carbonyl (C=O) groups is 1. The van der Waals surface area contributed by atoms with Crippen LogP contribution in [0.15, 0.2) is 30.6 Å². The van der Waals surface area contributed by atoms with Crippen LogP contribution in [0.25, 0.3) is 11.0 Å².